The lowest BCUT2D eigenvalue weighted by atomic mass is 10.2. The predicted molar refractivity (Wildman–Crippen MR) is 75.6 cm³/mol. The molecule has 2 heterocycles. The molecule has 0 saturated carbocycles. The minimum atomic E-state index is -0.391. The average Bonchev–Trinajstić information content (AvgIpc) is 2.47. The van der Waals surface area contributed by atoms with Gasteiger partial charge in [0.1, 0.15) is 11.5 Å². The molecule has 0 atom stereocenters. The van der Waals surface area contributed by atoms with Gasteiger partial charge in [0.15, 0.2) is 0 Å². The number of halogens is 1. The number of hydrogen-bond donors (Lipinski definition) is 2. The third-order valence-electron chi connectivity index (χ3n) is 2.54. The predicted octanol–water partition coefficient (Wildman–Crippen LogP) is 1.65. The molecule has 20 heavy (non-hydrogen) atoms. The first kappa shape index (κ1) is 14.1. The van der Waals surface area contributed by atoms with Gasteiger partial charge in [-0.1, -0.05) is 17.7 Å². The van der Waals surface area contributed by atoms with Crippen molar-refractivity contribution in [3.05, 3.63) is 46.7 Å². The number of rotatable bonds is 4. The zero-order valence-electron chi connectivity index (χ0n) is 10.8. The van der Waals surface area contributed by atoms with Crippen LogP contribution in [0, 0.1) is 0 Å². The van der Waals surface area contributed by atoms with Crippen LogP contribution in [0.4, 0.5) is 5.82 Å². The van der Waals surface area contributed by atoms with E-state index in [1.807, 2.05) is 0 Å². The smallest absolute Gasteiger partial charge is 0.271 e. The standard InChI is InChI=1S/C13H13ClN4O2/c1-20-11-5-2-8(6-16-11)7-17-13(19)12-9(14)3-4-10(15)18-12/h2-6H,7H2,1H3,(H2,15,18)(H,17,19). The van der Waals surface area contributed by atoms with E-state index in [4.69, 9.17) is 22.1 Å². The van der Waals surface area contributed by atoms with E-state index >= 15 is 0 Å². The van der Waals surface area contributed by atoms with Crippen LogP contribution in [0.2, 0.25) is 5.02 Å². The first-order chi connectivity index (χ1) is 9.60. The van der Waals surface area contributed by atoms with Crippen molar-refractivity contribution in [1.82, 2.24) is 15.3 Å². The van der Waals surface area contributed by atoms with Gasteiger partial charge in [0, 0.05) is 18.8 Å². The summed E-state index contributed by atoms with van der Waals surface area (Å²) < 4.78 is 4.95. The van der Waals surface area contributed by atoms with Crippen LogP contribution in [0.3, 0.4) is 0 Å². The topological polar surface area (TPSA) is 90.1 Å². The van der Waals surface area contributed by atoms with Crippen molar-refractivity contribution in [2.75, 3.05) is 12.8 Å². The molecule has 0 unspecified atom stereocenters. The molecule has 0 aromatic carbocycles. The Kier molecular flexibility index (Phi) is 4.37. The largest absolute Gasteiger partial charge is 0.481 e. The van der Waals surface area contributed by atoms with E-state index in [9.17, 15) is 4.79 Å². The van der Waals surface area contributed by atoms with Gasteiger partial charge in [-0.05, 0) is 17.7 Å². The SMILES string of the molecule is COc1ccc(CNC(=O)c2nc(N)ccc2Cl)cn1. The van der Waals surface area contributed by atoms with Crippen LogP contribution in [-0.2, 0) is 6.54 Å². The third kappa shape index (κ3) is 3.36. The second-order valence-corrected chi connectivity index (χ2v) is 4.37. The summed E-state index contributed by atoms with van der Waals surface area (Å²) in [4.78, 5) is 19.9. The van der Waals surface area contributed by atoms with E-state index in [1.165, 1.54) is 19.2 Å². The summed E-state index contributed by atoms with van der Waals surface area (Å²) in [7, 11) is 1.54. The summed E-state index contributed by atoms with van der Waals surface area (Å²) in [6.07, 6.45) is 1.62. The summed E-state index contributed by atoms with van der Waals surface area (Å²) in [6.45, 7) is 0.308. The number of ether oxygens (including phenoxy) is 1. The summed E-state index contributed by atoms with van der Waals surface area (Å²) in [5.74, 6) is 0.365. The minimum absolute atomic E-state index is 0.105. The van der Waals surface area contributed by atoms with E-state index < -0.39 is 5.91 Å². The van der Waals surface area contributed by atoms with Gasteiger partial charge < -0.3 is 15.8 Å². The highest BCUT2D eigenvalue weighted by Crippen LogP contribution is 2.15. The molecular formula is C13H13ClN4O2. The molecule has 0 fully saturated rings. The zero-order chi connectivity index (χ0) is 14.5. The summed E-state index contributed by atoms with van der Waals surface area (Å²) in [5, 5.41) is 2.95. The van der Waals surface area contributed by atoms with Crippen LogP contribution in [0.25, 0.3) is 0 Å². The van der Waals surface area contributed by atoms with Gasteiger partial charge in [0.05, 0.1) is 12.1 Å². The Hall–Kier alpha value is -2.34. The maximum Gasteiger partial charge on any atom is 0.271 e. The molecule has 0 radical (unpaired) electrons. The number of nitrogens with two attached hydrogens (primary N) is 1. The molecule has 2 rings (SSSR count). The molecule has 0 aliphatic rings. The van der Waals surface area contributed by atoms with Crippen LogP contribution >= 0.6 is 11.6 Å². The monoisotopic (exact) mass is 292 g/mol. The van der Waals surface area contributed by atoms with E-state index in [1.54, 1.807) is 18.3 Å². The lowest BCUT2D eigenvalue weighted by Crippen LogP contribution is -2.24. The van der Waals surface area contributed by atoms with Crippen molar-refractivity contribution >= 4 is 23.3 Å². The van der Waals surface area contributed by atoms with Crippen molar-refractivity contribution in [3.63, 3.8) is 0 Å². The zero-order valence-corrected chi connectivity index (χ0v) is 11.5. The number of methoxy groups -OCH3 is 1. The highest BCUT2D eigenvalue weighted by Gasteiger charge is 2.12. The number of aromatic nitrogens is 2. The molecule has 0 aliphatic carbocycles. The second kappa shape index (κ2) is 6.21. The molecule has 0 spiro atoms. The molecule has 1 amide bonds. The summed E-state index contributed by atoms with van der Waals surface area (Å²) in [6, 6.07) is 6.59. The van der Waals surface area contributed by atoms with Gasteiger partial charge in [-0.3, -0.25) is 4.79 Å². The fourth-order valence-electron chi connectivity index (χ4n) is 1.52. The highest BCUT2D eigenvalue weighted by molar-refractivity contribution is 6.33. The molecule has 7 heteroatoms. The van der Waals surface area contributed by atoms with Crippen molar-refractivity contribution in [2.24, 2.45) is 0 Å². The van der Waals surface area contributed by atoms with E-state index in [-0.39, 0.29) is 16.5 Å². The Balaban J connectivity index is 2.02. The summed E-state index contributed by atoms with van der Waals surface area (Å²) >= 11 is 5.90. The lowest BCUT2D eigenvalue weighted by molar-refractivity contribution is 0.0946. The van der Waals surface area contributed by atoms with Gasteiger partial charge in [0.2, 0.25) is 5.88 Å². The molecule has 2 aromatic rings. The Labute approximate surface area is 120 Å². The van der Waals surface area contributed by atoms with Crippen LogP contribution < -0.4 is 15.8 Å². The molecule has 0 saturated heterocycles. The van der Waals surface area contributed by atoms with Gasteiger partial charge in [-0.25, -0.2) is 9.97 Å². The fourth-order valence-corrected chi connectivity index (χ4v) is 1.71. The molecule has 0 aliphatic heterocycles. The minimum Gasteiger partial charge on any atom is -0.481 e. The number of nitrogens with one attached hydrogen (secondary N) is 1. The maximum absolute atomic E-state index is 12.0. The number of carbonyl (C=O) groups excluding carboxylic acids is 1. The Bertz CT molecular complexity index is 616. The number of anilines is 1. The van der Waals surface area contributed by atoms with Crippen LogP contribution in [0.15, 0.2) is 30.5 Å². The second-order valence-electron chi connectivity index (χ2n) is 3.96. The van der Waals surface area contributed by atoms with E-state index in [2.05, 4.69) is 15.3 Å². The van der Waals surface area contributed by atoms with Crippen LogP contribution in [0.1, 0.15) is 16.1 Å². The first-order valence-corrected chi connectivity index (χ1v) is 6.17. The maximum atomic E-state index is 12.0. The lowest BCUT2D eigenvalue weighted by Gasteiger charge is -2.07. The van der Waals surface area contributed by atoms with Gasteiger partial charge in [-0.2, -0.15) is 0 Å². The van der Waals surface area contributed by atoms with Crippen molar-refractivity contribution in [1.29, 1.82) is 0 Å². The number of pyridine rings is 2. The molecule has 104 valence electrons. The first-order valence-electron chi connectivity index (χ1n) is 5.79. The summed E-state index contributed by atoms with van der Waals surface area (Å²) in [5.41, 5.74) is 6.47. The van der Waals surface area contributed by atoms with Crippen molar-refractivity contribution in [2.45, 2.75) is 6.54 Å². The van der Waals surface area contributed by atoms with Crippen molar-refractivity contribution in [3.8, 4) is 5.88 Å². The number of amides is 1. The Morgan fingerprint density at radius 2 is 2.20 bits per heavy atom. The molecule has 2 aromatic heterocycles. The van der Waals surface area contributed by atoms with E-state index in [0.29, 0.717) is 12.4 Å². The molecule has 3 N–H and O–H groups in total. The molecule has 0 bridgehead atoms. The number of nitrogens with zero attached hydrogens (tertiary/aromatic N) is 2. The Morgan fingerprint density at radius 1 is 1.40 bits per heavy atom. The fraction of sp³-hybridized carbons (Fsp3) is 0.154. The number of hydrogen-bond acceptors (Lipinski definition) is 5. The third-order valence-corrected chi connectivity index (χ3v) is 2.85. The van der Waals surface area contributed by atoms with Crippen molar-refractivity contribution < 1.29 is 9.53 Å². The Morgan fingerprint density at radius 3 is 2.85 bits per heavy atom. The average molecular weight is 293 g/mol. The highest BCUT2D eigenvalue weighted by atomic mass is 35.5. The van der Waals surface area contributed by atoms with Gasteiger partial charge in [-0.15, -0.1) is 0 Å². The van der Waals surface area contributed by atoms with Crippen LogP contribution in [0.5, 0.6) is 5.88 Å². The van der Waals surface area contributed by atoms with E-state index in [0.717, 1.165) is 5.56 Å². The molecule has 6 nitrogen and oxygen atoms in total. The normalized spacial score (nSPS) is 10.1. The quantitative estimate of drug-likeness (QED) is 0.894. The van der Waals surface area contributed by atoms with Crippen LogP contribution in [-0.4, -0.2) is 23.0 Å². The molecular weight excluding hydrogens is 280 g/mol. The number of carbonyl (C=O) groups is 1. The van der Waals surface area contributed by atoms with Gasteiger partial charge >= 0.3 is 0 Å². The number of nitrogen functional groups attached to an aromatic ring is 1. The van der Waals surface area contributed by atoms with Gasteiger partial charge in [0.25, 0.3) is 5.91 Å².